The van der Waals surface area contributed by atoms with Crippen LogP contribution in [-0.4, -0.2) is 40.7 Å². The summed E-state index contributed by atoms with van der Waals surface area (Å²) in [6, 6.07) is 6.39. The molecule has 1 atom stereocenters. The van der Waals surface area contributed by atoms with Crippen LogP contribution in [0, 0.1) is 0 Å². The van der Waals surface area contributed by atoms with E-state index in [0.29, 0.717) is 11.4 Å². The van der Waals surface area contributed by atoms with Gasteiger partial charge in [0.05, 0.1) is 23.9 Å². The van der Waals surface area contributed by atoms with E-state index in [4.69, 9.17) is 4.74 Å². The predicted octanol–water partition coefficient (Wildman–Crippen LogP) is 0.624. The summed E-state index contributed by atoms with van der Waals surface area (Å²) in [5.41, 5.74) is 0.394. The first-order valence-electron chi connectivity index (χ1n) is 5.68. The van der Waals surface area contributed by atoms with Gasteiger partial charge in [-0.3, -0.25) is 4.72 Å². The molecule has 19 heavy (non-hydrogen) atoms. The highest BCUT2D eigenvalue weighted by Gasteiger charge is 2.37. The van der Waals surface area contributed by atoms with E-state index in [1.807, 2.05) is 0 Å². The van der Waals surface area contributed by atoms with Gasteiger partial charge in [0.25, 0.3) is 0 Å². The minimum Gasteiger partial charge on any atom is -0.497 e. The third kappa shape index (κ3) is 3.38. The number of anilines is 1. The average Bonchev–Trinajstić information content (AvgIpc) is 2.71. The first-order chi connectivity index (χ1) is 8.82. The lowest BCUT2D eigenvalue weighted by Crippen LogP contribution is -2.28. The Kier molecular flexibility index (Phi) is 3.73. The van der Waals surface area contributed by atoms with E-state index in [0.717, 1.165) is 0 Å². The van der Waals surface area contributed by atoms with E-state index in [-0.39, 0.29) is 17.9 Å². The second-order valence-electron chi connectivity index (χ2n) is 4.40. The second-order valence-corrected chi connectivity index (χ2v) is 8.59. The SMILES string of the molecule is COc1ccc(NS(=O)(=O)[C@@H]2CCS(=O)(=O)C2)cc1. The maximum absolute atomic E-state index is 12.0. The zero-order valence-corrected chi connectivity index (χ0v) is 12.0. The summed E-state index contributed by atoms with van der Waals surface area (Å²) in [5.74, 6) is 0.242. The van der Waals surface area contributed by atoms with Crippen molar-refractivity contribution < 1.29 is 21.6 Å². The highest BCUT2D eigenvalue weighted by Crippen LogP contribution is 2.22. The first-order valence-corrected chi connectivity index (χ1v) is 9.05. The largest absolute Gasteiger partial charge is 0.497 e. The molecule has 1 aromatic carbocycles. The molecule has 6 nitrogen and oxygen atoms in total. The molecule has 2 rings (SSSR count). The summed E-state index contributed by atoms with van der Waals surface area (Å²) in [6.07, 6.45) is 0.147. The summed E-state index contributed by atoms with van der Waals surface area (Å²) in [5, 5.41) is -0.875. The molecule has 0 aromatic heterocycles. The number of benzene rings is 1. The van der Waals surface area contributed by atoms with Gasteiger partial charge in [-0.2, -0.15) is 0 Å². The van der Waals surface area contributed by atoms with Gasteiger partial charge in [-0.05, 0) is 30.7 Å². The lowest BCUT2D eigenvalue weighted by atomic mass is 10.3. The van der Waals surface area contributed by atoms with Crippen LogP contribution in [0.4, 0.5) is 5.69 Å². The van der Waals surface area contributed by atoms with E-state index in [9.17, 15) is 16.8 Å². The van der Waals surface area contributed by atoms with E-state index >= 15 is 0 Å². The lowest BCUT2D eigenvalue weighted by molar-refractivity contribution is 0.415. The highest BCUT2D eigenvalue weighted by molar-refractivity contribution is 7.97. The van der Waals surface area contributed by atoms with Gasteiger partial charge >= 0.3 is 0 Å². The first kappa shape index (κ1) is 14.1. The number of rotatable bonds is 4. The lowest BCUT2D eigenvalue weighted by Gasteiger charge is -2.12. The quantitative estimate of drug-likeness (QED) is 0.881. The Morgan fingerprint density at radius 3 is 2.37 bits per heavy atom. The van der Waals surface area contributed by atoms with Crippen molar-refractivity contribution in [2.75, 3.05) is 23.3 Å². The number of hydrogen-bond acceptors (Lipinski definition) is 5. The molecule has 1 heterocycles. The molecule has 1 aliphatic heterocycles. The molecule has 0 bridgehead atoms. The summed E-state index contributed by atoms with van der Waals surface area (Å²) in [6.45, 7) is 0. The van der Waals surface area contributed by atoms with Crippen molar-refractivity contribution in [1.29, 1.82) is 0 Å². The summed E-state index contributed by atoms with van der Waals surface area (Å²) < 4.78 is 54.1. The number of hydrogen-bond donors (Lipinski definition) is 1. The van der Waals surface area contributed by atoms with Gasteiger partial charge in [-0.15, -0.1) is 0 Å². The van der Waals surface area contributed by atoms with Crippen molar-refractivity contribution >= 4 is 25.5 Å². The van der Waals surface area contributed by atoms with Crippen molar-refractivity contribution in [2.24, 2.45) is 0 Å². The molecule has 0 aliphatic carbocycles. The zero-order chi connectivity index (χ0) is 14.1. The topological polar surface area (TPSA) is 89.5 Å². The third-order valence-electron chi connectivity index (χ3n) is 2.98. The van der Waals surface area contributed by atoms with Gasteiger partial charge in [-0.1, -0.05) is 0 Å². The standard InChI is InChI=1S/C11H15NO5S2/c1-17-10-4-2-9(3-5-10)12-19(15,16)11-6-7-18(13,14)8-11/h2-5,11-12H,6-8H2,1H3/t11-/m1/s1. The van der Waals surface area contributed by atoms with E-state index < -0.39 is 25.1 Å². The van der Waals surface area contributed by atoms with Gasteiger partial charge in [0, 0.05) is 5.69 Å². The van der Waals surface area contributed by atoms with Crippen LogP contribution in [0.15, 0.2) is 24.3 Å². The molecule has 0 amide bonds. The Balaban J connectivity index is 2.13. The normalized spacial score (nSPS) is 22.1. The van der Waals surface area contributed by atoms with Crippen LogP contribution in [-0.2, 0) is 19.9 Å². The summed E-state index contributed by atoms with van der Waals surface area (Å²) in [4.78, 5) is 0. The Labute approximate surface area is 112 Å². The Hall–Kier alpha value is -1.28. The monoisotopic (exact) mass is 305 g/mol. The minimum absolute atomic E-state index is 0.0683. The van der Waals surface area contributed by atoms with Crippen molar-refractivity contribution in [3.05, 3.63) is 24.3 Å². The van der Waals surface area contributed by atoms with Crippen LogP contribution in [0.3, 0.4) is 0 Å². The van der Waals surface area contributed by atoms with Crippen LogP contribution in [0.1, 0.15) is 6.42 Å². The fraction of sp³-hybridized carbons (Fsp3) is 0.455. The van der Waals surface area contributed by atoms with Gasteiger partial charge in [0.2, 0.25) is 10.0 Å². The minimum atomic E-state index is -3.67. The van der Waals surface area contributed by atoms with E-state index in [2.05, 4.69) is 4.72 Å². The Morgan fingerprint density at radius 2 is 1.89 bits per heavy atom. The molecule has 0 radical (unpaired) electrons. The number of nitrogens with one attached hydrogen (secondary N) is 1. The maximum atomic E-state index is 12.0. The van der Waals surface area contributed by atoms with Crippen molar-refractivity contribution in [2.45, 2.75) is 11.7 Å². The molecule has 106 valence electrons. The van der Waals surface area contributed by atoms with Gasteiger partial charge < -0.3 is 4.74 Å². The summed E-state index contributed by atoms with van der Waals surface area (Å²) in [7, 11) is -5.38. The highest BCUT2D eigenvalue weighted by atomic mass is 32.2. The van der Waals surface area contributed by atoms with Crippen molar-refractivity contribution in [3.63, 3.8) is 0 Å². The number of sulfone groups is 1. The second kappa shape index (κ2) is 5.01. The van der Waals surface area contributed by atoms with Crippen LogP contribution >= 0.6 is 0 Å². The smallest absolute Gasteiger partial charge is 0.236 e. The average molecular weight is 305 g/mol. The van der Waals surface area contributed by atoms with Gasteiger partial charge in [0.15, 0.2) is 9.84 Å². The molecule has 0 spiro atoms. The molecule has 1 aliphatic rings. The van der Waals surface area contributed by atoms with Gasteiger partial charge in [-0.25, -0.2) is 16.8 Å². The molecule has 0 saturated carbocycles. The fourth-order valence-corrected chi connectivity index (χ4v) is 6.00. The van der Waals surface area contributed by atoms with E-state index in [1.54, 1.807) is 24.3 Å². The molecule has 8 heteroatoms. The van der Waals surface area contributed by atoms with Crippen molar-refractivity contribution in [3.8, 4) is 5.75 Å². The Morgan fingerprint density at radius 1 is 1.26 bits per heavy atom. The zero-order valence-electron chi connectivity index (χ0n) is 10.4. The van der Waals surface area contributed by atoms with Crippen LogP contribution in [0.2, 0.25) is 0 Å². The molecular weight excluding hydrogens is 290 g/mol. The van der Waals surface area contributed by atoms with Crippen LogP contribution in [0.5, 0.6) is 5.75 Å². The van der Waals surface area contributed by atoms with Crippen LogP contribution in [0.25, 0.3) is 0 Å². The molecule has 1 N–H and O–H groups in total. The maximum Gasteiger partial charge on any atom is 0.236 e. The molecule has 1 aromatic rings. The predicted molar refractivity (Wildman–Crippen MR) is 72.6 cm³/mol. The Bertz CT molecular complexity index is 649. The van der Waals surface area contributed by atoms with E-state index in [1.165, 1.54) is 7.11 Å². The van der Waals surface area contributed by atoms with Gasteiger partial charge in [0.1, 0.15) is 5.75 Å². The molecule has 1 fully saturated rings. The summed E-state index contributed by atoms with van der Waals surface area (Å²) >= 11 is 0. The fourth-order valence-electron chi connectivity index (χ4n) is 1.91. The van der Waals surface area contributed by atoms with Crippen LogP contribution < -0.4 is 9.46 Å². The third-order valence-corrected chi connectivity index (χ3v) is 6.76. The molecule has 1 saturated heterocycles. The molecular formula is C11H15NO5S2. The van der Waals surface area contributed by atoms with Crippen molar-refractivity contribution in [1.82, 2.24) is 0 Å². The molecule has 0 unspecified atom stereocenters. The number of sulfonamides is 1. The number of ether oxygens (including phenoxy) is 1. The number of methoxy groups -OCH3 is 1.